The van der Waals surface area contributed by atoms with Crippen molar-refractivity contribution in [2.24, 2.45) is 10.2 Å². The number of rotatable bonds is 10. The van der Waals surface area contributed by atoms with E-state index in [4.69, 9.17) is 0 Å². The molecule has 0 aliphatic heterocycles. The van der Waals surface area contributed by atoms with Gasteiger partial charge in [0.15, 0.2) is 0 Å². The monoisotopic (exact) mass is 1090 g/mol. The van der Waals surface area contributed by atoms with Crippen molar-refractivity contribution < 1.29 is 106 Å². The summed E-state index contributed by atoms with van der Waals surface area (Å²) in [6.45, 7) is 0. The van der Waals surface area contributed by atoms with Crippen molar-refractivity contribution in [3.8, 4) is 11.5 Å². The first-order valence-corrected chi connectivity index (χ1v) is 24.5. The van der Waals surface area contributed by atoms with E-state index in [1.165, 1.54) is 36.4 Å². The molecule has 0 aromatic heterocycles. The Bertz CT molecular complexity index is 3740. The molecule has 2 aliphatic rings. The SMILES string of the molecule is O=C1C=C(S(=O)(=O)O)c2cc([N+](=O)[O-])ccc2C1=NNc1c(O)ccc2cc(S(=O)(=O)O)ccc12.O=C1C=C(S(=O)(=O)O)c2cc([N+](=O)[O-])ccc2C1=NNc1c(O)ccc2cc(S(=O)(=O)O)ccc12.[Cr].[H+].[H+].[H+].[H+].[H+]. The molecular weight excluding hydrogens is 1060 g/mol. The Morgan fingerprint density at radius 3 is 1.14 bits per heavy atom. The molecule has 0 unspecified atom stereocenters. The van der Waals surface area contributed by atoms with Gasteiger partial charge >= 0.3 is 7.13 Å². The number of hydrogen-bond donors (Lipinski definition) is 8. The van der Waals surface area contributed by atoms with E-state index in [1.54, 1.807) is 0 Å². The summed E-state index contributed by atoms with van der Waals surface area (Å²) in [6.07, 6.45) is 1.12. The number of aromatic hydroxyl groups is 2. The fourth-order valence-corrected chi connectivity index (χ4v) is 9.38. The predicted octanol–water partition coefficient (Wildman–Crippen LogP) is 5.22. The molecule has 31 heteroatoms. The maximum absolute atomic E-state index is 12.6. The zero-order valence-electron chi connectivity index (χ0n) is 39.6. The third-order valence-electron chi connectivity index (χ3n) is 10.1. The summed E-state index contributed by atoms with van der Waals surface area (Å²) in [6, 6.07) is 18.1. The Balaban J connectivity index is 0.000000704. The minimum absolute atomic E-state index is 0. The van der Waals surface area contributed by atoms with Gasteiger partial charge in [0.05, 0.1) is 19.6 Å². The zero-order valence-corrected chi connectivity index (χ0v) is 39.2. The first-order valence-electron chi connectivity index (χ1n) is 18.7. The maximum atomic E-state index is 12.6. The van der Waals surface area contributed by atoms with Gasteiger partial charge in [-0.15, -0.1) is 0 Å². The fourth-order valence-electron chi connectivity index (χ4n) is 6.94. The Kier molecular flexibility index (Phi) is 14.2. The van der Waals surface area contributed by atoms with Crippen molar-refractivity contribution in [2.45, 2.75) is 9.79 Å². The molecule has 0 heterocycles. The van der Waals surface area contributed by atoms with Gasteiger partial charge in [0, 0.05) is 86.8 Å². The molecular formula is C40H31CrN6O20S4+5. The molecule has 0 saturated heterocycles. The molecule has 6 aromatic carbocycles. The average Bonchev–Trinajstić information content (AvgIpc) is 3.27. The number of phenolic OH excluding ortho intramolecular Hbond substituents is 2. The summed E-state index contributed by atoms with van der Waals surface area (Å²) in [5, 5.41) is 51.8. The van der Waals surface area contributed by atoms with Crippen molar-refractivity contribution in [3.05, 3.63) is 152 Å². The molecule has 6 aromatic rings. The number of fused-ring (bicyclic) bond motifs is 4. The van der Waals surface area contributed by atoms with Gasteiger partial charge in [0.25, 0.3) is 51.8 Å². The summed E-state index contributed by atoms with van der Waals surface area (Å²) < 4.78 is 130. The molecule has 0 bridgehead atoms. The second-order valence-corrected chi connectivity index (χ2v) is 20.1. The number of nitrogens with one attached hydrogen (secondary N) is 2. The Labute approximate surface area is 415 Å². The average molecular weight is 1100 g/mol. The summed E-state index contributed by atoms with van der Waals surface area (Å²) >= 11 is 0. The van der Waals surface area contributed by atoms with E-state index in [2.05, 4.69) is 21.1 Å². The first kappa shape index (κ1) is 52.5. The van der Waals surface area contributed by atoms with E-state index in [1.807, 2.05) is 0 Å². The number of carbonyl (C=O) groups is 2. The first-order chi connectivity index (χ1) is 32.5. The van der Waals surface area contributed by atoms with Crippen LogP contribution in [0.2, 0.25) is 0 Å². The van der Waals surface area contributed by atoms with Crippen LogP contribution in [0.3, 0.4) is 0 Å². The maximum Gasteiger partial charge on any atom is 1.00 e. The van der Waals surface area contributed by atoms with Crippen molar-refractivity contribution in [2.75, 3.05) is 10.9 Å². The number of anilines is 2. The van der Waals surface area contributed by atoms with E-state index in [9.17, 15) is 91.9 Å². The van der Waals surface area contributed by atoms with Gasteiger partial charge in [0.1, 0.15) is 44.1 Å². The van der Waals surface area contributed by atoms with Crippen LogP contribution in [0, 0.1) is 20.2 Å². The number of nitrogens with zero attached hydrogens (tertiary/aromatic N) is 4. The van der Waals surface area contributed by atoms with Gasteiger partial charge in [-0.25, -0.2) is 0 Å². The Morgan fingerprint density at radius 1 is 0.479 bits per heavy atom. The van der Waals surface area contributed by atoms with Crippen LogP contribution in [0.25, 0.3) is 31.4 Å². The van der Waals surface area contributed by atoms with E-state index in [-0.39, 0.29) is 103 Å². The molecule has 0 fully saturated rings. The quantitative estimate of drug-likeness (QED) is 0.0377. The minimum atomic E-state index is -4.92. The normalized spacial score (nSPS) is 14.9. The Morgan fingerprint density at radius 2 is 0.831 bits per heavy atom. The van der Waals surface area contributed by atoms with Gasteiger partial charge < -0.3 is 10.2 Å². The van der Waals surface area contributed by atoms with Crippen LogP contribution in [0.1, 0.15) is 29.4 Å². The van der Waals surface area contributed by atoms with E-state index in [0.717, 1.165) is 60.7 Å². The van der Waals surface area contributed by atoms with Gasteiger partial charge in [-0.3, -0.25) is 58.9 Å². The molecule has 71 heavy (non-hydrogen) atoms. The molecule has 26 nitrogen and oxygen atoms in total. The number of non-ortho nitro benzene ring substituents is 2. The number of hydrazone groups is 2. The molecule has 2 aliphatic carbocycles. The summed E-state index contributed by atoms with van der Waals surface area (Å²) in [5.74, 6) is -2.61. The standard InChI is InChI=1S/2C20H13N3O10S2.Cr/c2*24-16-6-1-10-7-12(34(28,29)30)3-5-13(10)19(16)21-22-20-14-4-2-11(23(26)27)8-15(14)18(9-17(20)25)35(31,32)33;/h2*1-9,21,24H,(H,28,29,30)(H,31,32,33);/p+5. The second-order valence-electron chi connectivity index (χ2n) is 14.4. The molecule has 0 radical (unpaired) electrons. The fraction of sp³-hybridized carbons (Fsp3) is 0. The summed E-state index contributed by atoms with van der Waals surface area (Å²) in [7, 11) is -18.8. The van der Waals surface area contributed by atoms with Crippen molar-refractivity contribution >= 4 is 118 Å². The summed E-state index contributed by atoms with van der Waals surface area (Å²) in [5.41, 5.74) is 2.13. The van der Waals surface area contributed by atoms with Crippen LogP contribution in [0.5, 0.6) is 11.5 Å². The second kappa shape index (κ2) is 19.2. The van der Waals surface area contributed by atoms with Crippen molar-refractivity contribution in [1.82, 2.24) is 0 Å². The number of nitro benzene ring substituents is 2. The number of hydrogen-bond acceptors (Lipinski definition) is 20. The molecule has 0 amide bonds. The topological polar surface area (TPSA) is 427 Å². The third kappa shape index (κ3) is 10.8. The molecule has 8 rings (SSSR count). The Hall–Kier alpha value is -7.83. The predicted molar refractivity (Wildman–Crippen MR) is 252 cm³/mol. The smallest absolute Gasteiger partial charge is 0.506 e. The number of nitro groups is 2. The zero-order chi connectivity index (χ0) is 51.4. The minimum Gasteiger partial charge on any atom is -0.506 e. The van der Waals surface area contributed by atoms with Gasteiger partial charge in [-0.05, 0) is 59.3 Å². The van der Waals surface area contributed by atoms with Crippen LogP contribution in [0.15, 0.2) is 129 Å². The number of benzene rings is 6. The number of ketones is 2. The number of carbonyl (C=O) groups excluding carboxylic acids is 2. The van der Waals surface area contributed by atoms with E-state index >= 15 is 0 Å². The van der Waals surface area contributed by atoms with Gasteiger partial charge in [-0.2, -0.15) is 43.9 Å². The molecule has 0 spiro atoms. The van der Waals surface area contributed by atoms with Crippen LogP contribution in [-0.4, -0.2) is 94.9 Å². The third-order valence-corrected chi connectivity index (χ3v) is 13.6. The number of allylic oxidation sites excluding steroid dienone is 2. The largest absolute Gasteiger partial charge is 1.00 e. The van der Waals surface area contributed by atoms with Crippen LogP contribution in [-0.2, 0) is 67.4 Å². The van der Waals surface area contributed by atoms with E-state index in [0.29, 0.717) is 12.2 Å². The van der Waals surface area contributed by atoms with Crippen molar-refractivity contribution in [1.29, 1.82) is 0 Å². The van der Waals surface area contributed by atoms with Crippen LogP contribution >= 0.6 is 0 Å². The van der Waals surface area contributed by atoms with Gasteiger partial charge in [0.2, 0.25) is 11.6 Å². The molecule has 0 saturated carbocycles. The van der Waals surface area contributed by atoms with E-state index < -0.39 is 92.9 Å². The van der Waals surface area contributed by atoms with Crippen molar-refractivity contribution in [3.63, 3.8) is 0 Å². The molecule has 0 atom stereocenters. The molecule has 8 N–H and O–H groups in total. The summed E-state index contributed by atoms with van der Waals surface area (Å²) in [4.78, 5) is 43.5. The van der Waals surface area contributed by atoms with Crippen LogP contribution < -0.4 is 10.9 Å². The molecule has 366 valence electrons. The van der Waals surface area contributed by atoms with Crippen LogP contribution in [0.4, 0.5) is 22.7 Å². The number of phenols is 2. The van der Waals surface area contributed by atoms with Gasteiger partial charge in [-0.1, -0.05) is 24.3 Å².